The summed E-state index contributed by atoms with van der Waals surface area (Å²) in [5.41, 5.74) is 0.400. The molecule has 32 heavy (non-hydrogen) atoms. The van der Waals surface area contributed by atoms with Crippen LogP contribution in [0.5, 0.6) is 5.75 Å². The molecule has 0 fully saturated rings. The van der Waals surface area contributed by atoms with Crippen molar-refractivity contribution in [1.29, 1.82) is 0 Å². The third-order valence-corrected chi connectivity index (χ3v) is 5.94. The summed E-state index contributed by atoms with van der Waals surface area (Å²) >= 11 is 19.1. The molecular weight excluding hydrogens is 498 g/mol. The number of carbonyl (C=O) groups is 1. The van der Waals surface area contributed by atoms with Gasteiger partial charge < -0.3 is 10.1 Å². The third-order valence-electron chi connectivity index (χ3n) is 4.15. The summed E-state index contributed by atoms with van der Waals surface area (Å²) in [7, 11) is 0. The summed E-state index contributed by atoms with van der Waals surface area (Å²) < 4.78 is 21.0. The molecule has 1 amide bonds. The van der Waals surface area contributed by atoms with E-state index in [0.717, 1.165) is 0 Å². The van der Waals surface area contributed by atoms with Gasteiger partial charge in [-0.25, -0.2) is 4.39 Å². The van der Waals surface area contributed by atoms with Crippen LogP contribution in [0.15, 0.2) is 54.2 Å². The van der Waals surface area contributed by atoms with Crippen molar-refractivity contribution in [3.05, 3.63) is 75.8 Å². The molecule has 0 saturated carbocycles. The fraction of sp³-hybridized carbons (Fsp3) is 0.190. The van der Waals surface area contributed by atoms with E-state index in [9.17, 15) is 9.18 Å². The number of ether oxygens (including phenoxy) is 1. The lowest BCUT2D eigenvalue weighted by molar-refractivity contribution is -0.113. The summed E-state index contributed by atoms with van der Waals surface area (Å²) in [5, 5.41) is 12.4. The van der Waals surface area contributed by atoms with E-state index in [1.807, 2.05) is 6.92 Å². The van der Waals surface area contributed by atoms with Crippen LogP contribution in [0.25, 0.3) is 0 Å². The Morgan fingerprint density at radius 2 is 2.03 bits per heavy atom. The lowest BCUT2D eigenvalue weighted by atomic mass is 10.3. The number of nitrogens with one attached hydrogen (secondary N) is 1. The van der Waals surface area contributed by atoms with Gasteiger partial charge in [0, 0.05) is 17.3 Å². The summed E-state index contributed by atoms with van der Waals surface area (Å²) in [6.45, 7) is 6.00. The SMILES string of the molecule is C=CCn1c(SCC(=O)Nc2ccc(F)c(Cl)c2)nnc1C(C)Oc1ccc(Cl)cc1Cl. The summed E-state index contributed by atoms with van der Waals surface area (Å²) in [5.74, 6) is 0.208. The highest BCUT2D eigenvalue weighted by Crippen LogP contribution is 2.32. The minimum absolute atomic E-state index is 0.0581. The Bertz CT molecular complexity index is 1140. The highest BCUT2D eigenvalue weighted by molar-refractivity contribution is 7.99. The van der Waals surface area contributed by atoms with Crippen LogP contribution in [0.4, 0.5) is 10.1 Å². The Balaban J connectivity index is 1.68. The molecule has 1 heterocycles. The number of rotatable bonds is 9. The van der Waals surface area contributed by atoms with Crippen molar-refractivity contribution in [3.63, 3.8) is 0 Å². The van der Waals surface area contributed by atoms with E-state index in [2.05, 4.69) is 22.1 Å². The van der Waals surface area contributed by atoms with Crippen molar-refractivity contribution in [2.75, 3.05) is 11.1 Å². The lowest BCUT2D eigenvalue weighted by Gasteiger charge is -2.16. The maximum absolute atomic E-state index is 13.3. The third kappa shape index (κ3) is 6.16. The van der Waals surface area contributed by atoms with Gasteiger partial charge in [-0.2, -0.15) is 0 Å². The van der Waals surface area contributed by atoms with Gasteiger partial charge in [0.2, 0.25) is 5.91 Å². The molecule has 1 atom stereocenters. The largest absolute Gasteiger partial charge is 0.481 e. The Morgan fingerprint density at radius 3 is 2.72 bits per heavy atom. The maximum Gasteiger partial charge on any atom is 0.234 e. The molecule has 0 aliphatic carbocycles. The summed E-state index contributed by atoms with van der Waals surface area (Å²) in [6.07, 6.45) is 1.21. The van der Waals surface area contributed by atoms with Gasteiger partial charge in [0.1, 0.15) is 11.6 Å². The van der Waals surface area contributed by atoms with E-state index < -0.39 is 11.9 Å². The van der Waals surface area contributed by atoms with E-state index in [1.54, 1.807) is 28.8 Å². The average molecular weight is 516 g/mol. The van der Waals surface area contributed by atoms with Crippen LogP contribution in [0.2, 0.25) is 15.1 Å². The first-order chi connectivity index (χ1) is 15.3. The van der Waals surface area contributed by atoms with Gasteiger partial charge in [0.15, 0.2) is 17.1 Å². The van der Waals surface area contributed by atoms with Crippen LogP contribution in [0.1, 0.15) is 18.9 Å². The molecule has 6 nitrogen and oxygen atoms in total. The van der Waals surface area contributed by atoms with Crippen molar-refractivity contribution in [1.82, 2.24) is 14.8 Å². The van der Waals surface area contributed by atoms with Gasteiger partial charge in [-0.15, -0.1) is 16.8 Å². The Morgan fingerprint density at radius 1 is 1.25 bits per heavy atom. The molecule has 0 aliphatic rings. The zero-order valence-corrected chi connectivity index (χ0v) is 19.9. The Hall–Kier alpha value is -2.26. The van der Waals surface area contributed by atoms with Crippen LogP contribution >= 0.6 is 46.6 Å². The number of anilines is 1. The molecule has 168 valence electrons. The molecule has 1 N–H and O–H groups in total. The van der Waals surface area contributed by atoms with Crippen LogP contribution in [-0.2, 0) is 11.3 Å². The average Bonchev–Trinajstić information content (AvgIpc) is 3.14. The number of carbonyl (C=O) groups excluding carboxylic acids is 1. The van der Waals surface area contributed by atoms with Crippen molar-refractivity contribution in [2.24, 2.45) is 0 Å². The lowest BCUT2D eigenvalue weighted by Crippen LogP contribution is -2.15. The number of halogens is 4. The monoisotopic (exact) mass is 514 g/mol. The van der Waals surface area contributed by atoms with E-state index in [-0.39, 0.29) is 16.7 Å². The van der Waals surface area contributed by atoms with Crippen molar-refractivity contribution in [3.8, 4) is 5.75 Å². The quantitative estimate of drug-likeness (QED) is 0.262. The van der Waals surface area contributed by atoms with E-state index in [1.165, 1.54) is 30.0 Å². The van der Waals surface area contributed by atoms with Gasteiger partial charge in [-0.3, -0.25) is 9.36 Å². The first-order valence-electron chi connectivity index (χ1n) is 9.32. The van der Waals surface area contributed by atoms with Crippen molar-refractivity contribution in [2.45, 2.75) is 24.7 Å². The highest BCUT2D eigenvalue weighted by atomic mass is 35.5. The molecule has 3 rings (SSSR count). The zero-order valence-electron chi connectivity index (χ0n) is 16.8. The second kappa shape index (κ2) is 11.0. The van der Waals surface area contributed by atoms with Crippen LogP contribution in [0, 0.1) is 5.82 Å². The van der Waals surface area contributed by atoms with Gasteiger partial charge in [-0.05, 0) is 43.3 Å². The van der Waals surface area contributed by atoms with Crippen LogP contribution < -0.4 is 10.1 Å². The number of allylic oxidation sites excluding steroid dienone is 1. The summed E-state index contributed by atoms with van der Waals surface area (Å²) in [6, 6.07) is 8.91. The summed E-state index contributed by atoms with van der Waals surface area (Å²) in [4.78, 5) is 12.3. The topological polar surface area (TPSA) is 69.0 Å². The Labute approximate surface area is 203 Å². The minimum Gasteiger partial charge on any atom is -0.481 e. The predicted molar refractivity (Wildman–Crippen MR) is 126 cm³/mol. The molecule has 0 spiro atoms. The first kappa shape index (κ1) is 24.4. The van der Waals surface area contributed by atoms with Crippen LogP contribution in [0.3, 0.4) is 0 Å². The van der Waals surface area contributed by atoms with Crippen LogP contribution in [-0.4, -0.2) is 26.4 Å². The number of hydrogen-bond donors (Lipinski definition) is 1. The van der Waals surface area contributed by atoms with E-state index in [0.29, 0.717) is 39.0 Å². The van der Waals surface area contributed by atoms with E-state index >= 15 is 0 Å². The second-order valence-electron chi connectivity index (χ2n) is 6.54. The molecule has 0 radical (unpaired) electrons. The molecule has 11 heteroatoms. The van der Waals surface area contributed by atoms with Gasteiger partial charge in [-0.1, -0.05) is 52.6 Å². The molecule has 1 aromatic heterocycles. The number of nitrogens with zero attached hydrogens (tertiary/aromatic N) is 3. The van der Waals surface area contributed by atoms with Crippen molar-refractivity contribution >= 4 is 58.2 Å². The molecular formula is C21H18Cl3FN4O2S. The van der Waals surface area contributed by atoms with Gasteiger partial charge in [0.25, 0.3) is 0 Å². The van der Waals surface area contributed by atoms with Gasteiger partial charge in [0.05, 0.1) is 15.8 Å². The van der Waals surface area contributed by atoms with Crippen molar-refractivity contribution < 1.29 is 13.9 Å². The fourth-order valence-corrected chi connectivity index (χ4v) is 4.11. The normalized spacial score (nSPS) is 11.8. The van der Waals surface area contributed by atoms with Gasteiger partial charge >= 0.3 is 0 Å². The number of hydrogen-bond acceptors (Lipinski definition) is 5. The van der Waals surface area contributed by atoms with E-state index in [4.69, 9.17) is 39.5 Å². The molecule has 2 aromatic carbocycles. The standard InChI is InChI=1S/C21H18Cl3FN4O2S/c1-3-8-29-20(12(2)31-18-7-4-13(22)9-16(18)24)27-28-21(29)32-11-19(30)26-14-5-6-17(25)15(23)10-14/h3-7,9-10,12H,1,8,11H2,2H3,(H,26,30). The number of amides is 1. The fourth-order valence-electron chi connectivity index (χ4n) is 2.72. The zero-order chi connectivity index (χ0) is 23.3. The molecule has 0 aliphatic heterocycles. The first-order valence-corrected chi connectivity index (χ1v) is 11.4. The minimum atomic E-state index is -0.555. The number of aromatic nitrogens is 3. The Kier molecular flexibility index (Phi) is 8.42. The number of thioether (sulfide) groups is 1. The molecule has 0 saturated heterocycles. The molecule has 0 bridgehead atoms. The maximum atomic E-state index is 13.3. The predicted octanol–water partition coefficient (Wildman–Crippen LogP) is 6.43. The number of benzene rings is 2. The molecule has 3 aromatic rings. The highest BCUT2D eigenvalue weighted by Gasteiger charge is 2.20. The smallest absolute Gasteiger partial charge is 0.234 e. The molecule has 1 unspecified atom stereocenters. The second-order valence-corrected chi connectivity index (χ2v) is 8.73.